The van der Waals surface area contributed by atoms with Gasteiger partial charge in [-0.1, -0.05) is 54.6 Å². The van der Waals surface area contributed by atoms with Gasteiger partial charge in [0.15, 0.2) is 0 Å². The summed E-state index contributed by atoms with van der Waals surface area (Å²) in [4.78, 5) is 0. The van der Waals surface area contributed by atoms with E-state index in [1.54, 1.807) is 0 Å². The highest BCUT2D eigenvalue weighted by Crippen LogP contribution is 2.46. The summed E-state index contributed by atoms with van der Waals surface area (Å²) in [6.45, 7) is 0. The highest BCUT2D eigenvalue weighted by Gasteiger charge is 2.30. The van der Waals surface area contributed by atoms with E-state index in [1.807, 2.05) is 0 Å². The monoisotopic (exact) mass is 247 g/mol. The largest absolute Gasteiger partial charge is 0.198 e. The van der Waals surface area contributed by atoms with Gasteiger partial charge in [-0.2, -0.15) is 5.26 Å². The maximum Gasteiger partial charge on any atom is 0.0621 e. The summed E-state index contributed by atoms with van der Waals surface area (Å²) in [7, 11) is 0. The molecule has 0 aromatic heterocycles. The van der Waals surface area contributed by atoms with Crippen molar-refractivity contribution < 1.29 is 0 Å². The summed E-state index contributed by atoms with van der Waals surface area (Å²) >= 11 is 0. The number of hydrogen-bond donors (Lipinski definition) is 0. The number of rotatable bonds is 3. The zero-order chi connectivity index (χ0) is 13.1. The van der Waals surface area contributed by atoms with Crippen LogP contribution in [-0.4, -0.2) is 0 Å². The minimum atomic E-state index is 0.501. The van der Waals surface area contributed by atoms with Crippen molar-refractivity contribution in [2.75, 3.05) is 0 Å². The van der Waals surface area contributed by atoms with Gasteiger partial charge >= 0.3 is 0 Å². The molecule has 1 nitrogen and oxygen atoms in total. The molecule has 0 spiro atoms. The molecular formula is C18H17N. The Labute approximate surface area is 114 Å². The van der Waals surface area contributed by atoms with Crippen molar-refractivity contribution in [2.24, 2.45) is 0 Å². The summed E-state index contributed by atoms with van der Waals surface area (Å²) in [6, 6.07) is 21.7. The SMILES string of the molecule is N#CCC[C@H]1C[C@H](c2ccccc2)c2ccccc21. The van der Waals surface area contributed by atoms with E-state index in [4.69, 9.17) is 5.26 Å². The lowest BCUT2D eigenvalue weighted by Gasteiger charge is -2.12. The quantitative estimate of drug-likeness (QED) is 0.777. The van der Waals surface area contributed by atoms with E-state index in [0.29, 0.717) is 18.3 Å². The zero-order valence-corrected chi connectivity index (χ0v) is 10.9. The number of fused-ring (bicyclic) bond motifs is 1. The molecule has 2 aromatic rings. The van der Waals surface area contributed by atoms with Crippen LogP contribution in [0, 0.1) is 11.3 Å². The number of hydrogen-bond acceptors (Lipinski definition) is 1. The molecule has 0 unspecified atom stereocenters. The third-order valence-corrected chi connectivity index (χ3v) is 4.14. The molecule has 0 bridgehead atoms. The Kier molecular flexibility index (Phi) is 3.33. The molecule has 0 aliphatic heterocycles. The molecule has 1 aliphatic rings. The fourth-order valence-electron chi connectivity index (χ4n) is 3.25. The fraction of sp³-hybridized carbons (Fsp3) is 0.278. The van der Waals surface area contributed by atoms with E-state index in [0.717, 1.165) is 12.8 Å². The normalized spacial score (nSPS) is 20.8. The van der Waals surface area contributed by atoms with Crippen molar-refractivity contribution >= 4 is 0 Å². The number of nitriles is 1. The van der Waals surface area contributed by atoms with E-state index in [-0.39, 0.29) is 0 Å². The van der Waals surface area contributed by atoms with Gasteiger partial charge in [-0.05, 0) is 35.4 Å². The van der Waals surface area contributed by atoms with Crippen LogP contribution in [0.3, 0.4) is 0 Å². The Morgan fingerprint density at radius 2 is 1.63 bits per heavy atom. The molecule has 94 valence electrons. The molecule has 2 aromatic carbocycles. The fourth-order valence-corrected chi connectivity index (χ4v) is 3.25. The van der Waals surface area contributed by atoms with Crippen LogP contribution >= 0.6 is 0 Å². The van der Waals surface area contributed by atoms with Crippen LogP contribution in [0.5, 0.6) is 0 Å². The molecule has 0 saturated carbocycles. The minimum Gasteiger partial charge on any atom is -0.198 e. The first kappa shape index (κ1) is 12.0. The van der Waals surface area contributed by atoms with Gasteiger partial charge < -0.3 is 0 Å². The number of nitrogens with zero attached hydrogens (tertiary/aromatic N) is 1. The van der Waals surface area contributed by atoms with Gasteiger partial charge in [-0.25, -0.2) is 0 Å². The van der Waals surface area contributed by atoms with Gasteiger partial charge in [0.05, 0.1) is 6.07 Å². The van der Waals surface area contributed by atoms with Crippen LogP contribution in [0.25, 0.3) is 0 Å². The molecule has 2 atom stereocenters. The summed E-state index contributed by atoms with van der Waals surface area (Å²) in [5.41, 5.74) is 4.30. The van der Waals surface area contributed by atoms with Gasteiger partial charge in [0.2, 0.25) is 0 Å². The molecule has 0 saturated heterocycles. The van der Waals surface area contributed by atoms with Crippen molar-refractivity contribution in [3.8, 4) is 6.07 Å². The van der Waals surface area contributed by atoms with Gasteiger partial charge in [0, 0.05) is 12.3 Å². The van der Waals surface area contributed by atoms with Crippen molar-refractivity contribution in [1.82, 2.24) is 0 Å². The third kappa shape index (κ3) is 2.27. The Hall–Kier alpha value is -2.07. The number of benzene rings is 2. The van der Waals surface area contributed by atoms with Crippen LogP contribution in [0.15, 0.2) is 54.6 Å². The average molecular weight is 247 g/mol. The Bertz CT molecular complexity index is 595. The smallest absolute Gasteiger partial charge is 0.0621 e. The summed E-state index contributed by atoms with van der Waals surface area (Å²) in [5.74, 6) is 1.04. The molecule has 0 heterocycles. The second-order valence-electron chi connectivity index (χ2n) is 5.22. The molecule has 1 heteroatoms. The lowest BCUT2D eigenvalue weighted by Crippen LogP contribution is -1.96. The molecule has 3 rings (SSSR count). The first-order chi connectivity index (χ1) is 9.40. The predicted molar refractivity (Wildman–Crippen MR) is 76.9 cm³/mol. The van der Waals surface area contributed by atoms with Gasteiger partial charge in [0.1, 0.15) is 0 Å². The van der Waals surface area contributed by atoms with E-state index in [9.17, 15) is 0 Å². The van der Waals surface area contributed by atoms with Gasteiger partial charge in [-0.3, -0.25) is 0 Å². The molecular weight excluding hydrogens is 230 g/mol. The van der Waals surface area contributed by atoms with Crippen molar-refractivity contribution in [3.63, 3.8) is 0 Å². The van der Waals surface area contributed by atoms with Crippen molar-refractivity contribution in [2.45, 2.75) is 31.1 Å². The van der Waals surface area contributed by atoms with Gasteiger partial charge in [-0.15, -0.1) is 0 Å². The van der Waals surface area contributed by atoms with E-state index < -0.39 is 0 Å². The standard InChI is InChI=1S/C18H17N/c19-12-6-9-15-13-18(14-7-2-1-3-8-14)17-11-5-4-10-16(15)17/h1-5,7-8,10-11,15,18H,6,9,13H2/t15-,18+/m0/s1. The second-order valence-corrected chi connectivity index (χ2v) is 5.22. The van der Waals surface area contributed by atoms with Crippen LogP contribution in [0.1, 0.15) is 47.8 Å². The van der Waals surface area contributed by atoms with Crippen LogP contribution in [0.4, 0.5) is 0 Å². The van der Waals surface area contributed by atoms with E-state index >= 15 is 0 Å². The van der Waals surface area contributed by atoms with Gasteiger partial charge in [0.25, 0.3) is 0 Å². The Morgan fingerprint density at radius 3 is 2.37 bits per heavy atom. The summed E-state index contributed by atoms with van der Waals surface area (Å²) in [5, 5.41) is 8.81. The lowest BCUT2D eigenvalue weighted by molar-refractivity contribution is 0.599. The topological polar surface area (TPSA) is 23.8 Å². The maximum atomic E-state index is 8.81. The predicted octanol–water partition coefficient (Wildman–Crippen LogP) is 4.61. The summed E-state index contributed by atoms with van der Waals surface area (Å²) in [6.07, 6.45) is 2.78. The van der Waals surface area contributed by atoms with Crippen LogP contribution in [0.2, 0.25) is 0 Å². The van der Waals surface area contributed by atoms with Crippen LogP contribution in [-0.2, 0) is 0 Å². The molecule has 0 N–H and O–H groups in total. The molecule has 19 heavy (non-hydrogen) atoms. The molecule has 0 radical (unpaired) electrons. The van der Waals surface area contributed by atoms with Crippen molar-refractivity contribution in [1.29, 1.82) is 5.26 Å². The lowest BCUT2D eigenvalue weighted by atomic mass is 9.92. The second kappa shape index (κ2) is 5.28. The van der Waals surface area contributed by atoms with E-state index in [2.05, 4.69) is 60.7 Å². The minimum absolute atomic E-state index is 0.501. The van der Waals surface area contributed by atoms with Crippen molar-refractivity contribution in [3.05, 3.63) is 71.3 Å². The zero-order valence-electron chi connectivity index (χ0n) is 10.9. The van der Waals surface area contributed by atoms with E-state index in [1.165, 1.54) is 16.7 Å². The average Bonchev–Trinajstić information content (AvgIpc) is 2.85. The molecule has 0 amide bonds. The highest BCUT2D eigenvalue weighted by molar-refractivity contribution is 5.44. The molecule has 0 fully saturated rings. The first-order valence-electron chi connectivity index (χ1n) is 6.91. The third-order valence-electron chi connectivity index (χ3n) is 4.14. The maximum absolute atomic E-state index is 8.81. The first-order valence-corrected chi connectivity index (χ1v) is 6.91. The molecule has 1 aliphatic carbocycles. The highest BCUT2D eigenvalue weighted by atomic mass is 14.3. The Morgan fingerprint density at radius 1 is 0.947 bits per heavy atom. The summed E-state index contributed by atoms with van der Waals surface area (Å²) < 4.78 is 0. The Balaban J connectivity index is 1.95. The van der Waals surface area contributed by atoms with Crippen LogP contribution < -0.4 is 0 Å².